The van der Waals surface area contributed by atoms with Crippen molar-refractivity contribution in [3.63, 3.8) is 0 Å². The summed E-state index contributed by atoms with van der Waals surface area (Å²) in [5.74, 6) is -0.0427. The van der Waals surface area contributed by atoms with Gasteiger partial charge in [0.15, 0.2) is 11.6 Å². The van der Waals surface area contributed by atoms with Crippen LogP contribution in [0.15, 0.2) is 66.4 Å². The SMILES string of the molecule is Cc1cc(Nc2ccc(/C=N/Nc3ncc(F)c(N4CCOCC4)n3)nc2)cc(-c2ccncn2)c1. The number of aromatic nitrogens is 5. The van der Waals surface area contributed by atoms with Crippen molar-refractivity contribution in [3.8, 4) is 11.3 Å². The molecule has 1 saturated heterocycles. The number of pyridine rings is 1. The Morgan fingerprint density at radius 2 is 1.92 bits per heavy atom. The van der Waals surface area contributed by atoms with Crippen molar-refractivity contribution < 1.29 is 9.13 Å². The molecule has 0 unspecified atom stereocenters. The van der Waals surface area contributed by atoms with Gasteiger partial charge in [0.25, 0.3) is 0 Å². The summed E-state index contributed by atoms with van der Waals surface area (Å²) >= 11 is 0. The number of hydrazone groups is 1. The van der Waals surface area contributed by atoms with Crippen LogP contribution in [0.4, 0.5) is 27.5 Å². The molecule has 0 aliphatic carbocycles. The quantitative estimate of drug-likeness (QED) is 0.298. The van der Waals surface area contributed by atoms with Crippen LogP contribution in [0, 0.1) is 12.7 Å². The predicted molar refractivity (Wildman–Crippen MR) is 136 cm³/mol. The lowest BCUT2D eigenvalue weighted by Crippen LogP contribution is -2.37. The maximum atomic E-state index is 14.2. The fraction of sp³-hybridized carbons (Fsp3) is 0.200. The summed E-state index contributed by atoms with van der Waals surface area (Å²) in [5.41, 5.74) is 8.10. The van der Waals surface area contributed by atoms with E-state index in [-0.39, 0.29) is 11.8 Å². The molecule has 0 atom stereocenters. The van der Waals surface area contributed by atoms with Gasteiger partial charge in [-0.05, 0) is 48.9 Å². The summed E-state index contributed by atoms with van der Waals surface area (Å²) in [6.07, 6.45) is 7.66. The Hall–Kier alpha value is -4.51. The van der Waals surface area contributed by atoms with Crippen molar-refractivity contribution >= 4 is 29.4 Å². The van der Waals surface area contributed by atoms with Gasteiger partial charge in [-0.15, -0.1) is 0 Å². The molecule has 1 aliphatic rings. The number of halogens is 1. The van der Waals surface area contributed by atoms with E-state index < -0.39 is 5.82 Å². The summed E-state index contributed by atoms with van der Waals surface area (Å²) in [6.45, 7) is 4.26. The molecule has 5 rings (SSSR count). The van der Waals surface area contributed by atoms with Gasteiger partial charge in [0, 0.05) is 30.5 Å². The number of hydrogen-bond acceptors (Lipinski definition) is 10. The van der Waals surface area contributed by atoms with Crippen molar-refractivity contribution in [2.24, 2.45) is 5.10 Å². The maximum absolute atomic E-state index is 14.2. The van der Waals surface area contributed by atoms with Gasteiger partial charge in [0.1, 0.15) is 6.33 Å². The Bertz CT molecular complexity index is 1340. The van der Waals surface area contributed by atoms with E-state index in [1.807, 2.05) is 36.1 Å². The Morgan fingerprint density at radius 1 is 1.03 bits per heavy atom. The summed E-state index contributed by atoms with van der Waals surface area (Å²) in [4.78, 5) is 22.8. The molecule has 2 N–H and O–H groups in total. The Labute approximate surface area is 207 Å². The summed E-state index contributed by atoms with van der Waals surface area (Å²) in [5, 5.41) is 7.51. The van der Waals surface area contributed by atoms with Crippen LogP contribution in [0.5, 0.6) is 0 Å². The normalized spacial score (nSPS) is 13.7. The van der Waals surface area contributed by atoms with E-state index >= 15 is 0 Å². The first-order valence-corrected chi connectivity index (χ1v) is 11.4. The molecule has 1 aromatic carbocycles. The summed E-state index contributed by atoms with van der Waals surface area (Å²) in [7, 11) is 0. The van der Waals surface area contributed by atoms with Gasteiger partial charge in [0.2, 0.25) is 5.95 Å². The van der Waals surface area contributed by atoms with Crippen molar-refractivity contribution in [3.05, 3.63) is 78.4 Å². The van der Waals surface area contributed by atoms with E-state index in [4.69, 9.17) is 4.74 Å². The van der Waals surface area contributed by atoms with Gasteiger partial charge in [-0.25, -0.2) is 24.8 Å². The third kappa shape index (κ3) is 5.76. The first-order chi connectivity index (χ1) is 17.6. The van der Waals surface area contributed by atoms with Crippen LogP contribution >= 0.6 is 0 Å². The molecule has 0 saturated carbocycles. The van der Waals surface area contributed by atoms with Crippen LogP contribution in [-0.4, -0.2) is 57.4 Å². The zero-order valence-electron chi connectivity index (χ0n) is 19.6. The molecule has 0 amide bonds. The highest BCUT2D eigenvalue weighted by Gasteiger charge is 2.17. The zero-order chi connectivity index (χ0) is 24.7. The minimum atomic E-state index is -0.478. The van der Waals surface area contributed by atoms with Crippen LogP contribution < -0.4 is 15.6 Å². The largest absolute Gasteiger partial charge is 0.378 e. The van der Waals surface area contributed by atoms with Crippen molar-refractivity contribution in [1.82, 2.24) is 24.9 Å². The van der Waals surface area contributed by atoms with E-state index in [1.54, 1.807) is 18.6 Å². The lowest BCUT2D eigenvalue weighted by atomic mass is 10.1. The van der Waals surface area contributed by atoms with Gasteiger partial charge < -0.3 is 15.0 Å². The van der Waals surface area contributed by atoms with Crippen molar-refractivity contribution in [2.45, 2.75) is 6.92 Å². The van der Waals surface area contributed by atoms with Gasteiger partial charge in [-0.3, -0.25) is 4.98 Å². The molecule has 182 valence electrons. The average molecular weight is 486 g/mol. The van der Waals surface area contributed by atoms with Gasteiger partial charge in [-0.1, -0.05) is 0 Å². The molecule has 4 heterocycles. The van der Waals surface area contributed by atoms with Gasteiger partial charge in [0.05, 0.1) is 48.9 Å². The predicted octanol–water partition coefficient (Wildman–Crippen LogP) is 3.80. The highest BCUT2D eigenvalue weighted by Crippen LogP contribution is 2.25. The molecule has 0 spiro atoms. The van der Waals surface area contributed by atoms with E-state index in [0.717, 1.165) is 34.4 Å². The first kappa shape index (κ1) is 23.2. The number of nitrogens with zero attached hydrogens (tertiary/aromatic N) is 7. The Balaban J connectivity index is 1.22. The van der Waals surface area contributed by atoms with Crippen LogP contribution in [0.25, 0.3) is 11.3 Å². The third-order valence-corrected chi connectivity index (χ3v) is 5.43. The summed E-state index contributed by atoms with van der Waals surface area (Å²) in [6, 6.07) is 11.8. The standard InChI is InChI=1S/C25H24FN9O/c1-17-10-18(23-4-5-27-16-30-23)12-21(11-17)32-20-3-2-19(28-13-20)14-31-34-25-29-15-22(26)24(33-25)35-6-8-36-9-7-35/h2-5,10-16,32H,6-9H2,1H3,(H,29,33,34)/b31-14+. The highest BCUT2D eigenvalue weighted by molar-refractivity contribution is 5.78. The molecular weight excluding hydrogens is 461 g/mol. The second kappa shape index (κ2) is 10.8. The second-order valence-electron chi connectivity index (χ2n) is 8.11. The van der Waals surface area contributed by atoms with Crippen LogP contribution in [0.1, 0.15) is 11.3 Å². The first-order valence-electron chi connectivity index (χ1n) is 11.4. The minimum absolute atomic E-state index is 0.200. The van der Waals surface area contributed by atoms with E-state index in [2.05, 4.69) is 52.9 Å². The molecule has 11 heteroatoms. The van der Waals surface area contributed by atoms with Crippen LogP contribution in [-0.2, 0) is 4.74 Å². The number of hydrogen-bond donors (Lipinski definition) is 2. The maximum Gasteiger partial charge on any atom is 0.245 e. The number of ether oxygens (including phenoxy) is 1. The smallest absolute Gasteiger partial charge is 0.245 e. The fourth-order valence-electron chi connectivity index (χ4n) is 3.75. The number of aryl methyl sites for hydroxylation is 1. The number of morpholine rings is 1. The lowest BCUT2D eigenvalue weighted by molar-refractivity contribution is 0.122. The van der Waals surface area contributed by atoms with Gasteiger partial charge >= 0.3 is 0 Å². The third-order valence-electron chi connectivity index (χ3n) is 5.43. The van der Waals surface area contributed by atoms with E-state index in [9.17, 15) is 4.39 Å². The molecule has 0 radical (unpaired) electrons. The van der Waals surface area contributed by atoms with Crippen molar-refractivity contribution in [1.29, 1.82) is 0 Å². The molecule has 3 aromatic heterocycles. The minimum Gasteiger partial charge on any atom is -0.378 e. The lowest BCUT2D eigenvalue weighted by Gasteiger charge is -2.27. The molecule has 1 fully saturated rings. The van der Waals surface area contributed by atoms with Gasteiger partial charge in [-0.2, -0.15) is 10.1 Å². The highest BCUT2D eigenvalue weighted by atomic mass is 19.1. The molecular formula is C25H24FN9O. The van der Waals surface area contributed by atoms with Crippen molar-refractivity contribution in [2.75, 3.05) is 41.9 Å². The fourth-order valence-corrected chi connectivity index (χ4v) is 3.75. The number of anilines is 4. The number of rotatable bonds is 7. The zero-order valence-corrected chi connectivity index (χ0v) is 19.6. The molecule has 4 aromatic rings. The Kier molecular flexibility index (Phi) is 6.99. The topological polar surface area (TPSA) is 113 Å². The summed E-state index contributed by atoms with van der Waals surface area (Å²) < 4.78 is 19.5. The molecule has 36 heavy (non-hydrogen) atoms. The molecule has 0 bridgehead atoms. The van der Waals surface area contributed by atoms with E-state index in [1.165, 1.54) is 6.33 Å². The monoisotopic (exact) mass is 485 g/mol. The Morgan fingerprint density at radius 3 is 2.69 bits per heavy atom. The van der Waals surface area contributed by atoms with Crippen LogP contribution in [0.3, 0.4) is 0 Å². The molecule has 10 nitrogen and oxygen atoms in total. The van der Waals surface area contributed by atoms with Crippen LogP contribution in [0.2, 0.25) is 0 Å². The second-order valence-corrected chi connectivity index (χ2v) is 8.11. The van der Waals surface area contributed by atoms with E-state index in [0.29, 0.717) is 32.0 Å². The molecule has 1 aliphatic heterocycles. The average Bonchev–Trinajstić information content (AvgIpc) is 2.91. The number of nitrogens with one attached hydrogen (secondary N) is 2. The number of benzene rings is 1.